The van der Waals surface area contributed by atoms with Gasteiger partial charge >= 0.3 is 0 Å². The number of carbonyl (C=O) groups is 1. The van der Waals surface area contributed by atoms with Crippen molar-refractivity contribution in [3.63, 3.8) is 0 Å². The fourth-order valence-corrected chi connectivity index (χ4v) is 3.42. The molecule has 0 heterocycles. The van der Waals surface area contributed by atoms with Crippen LogP contribution in [-0.2, 0) is 4.79 Å². The molecule has 0 spiro atoms. The lowest BCUT2D eigenvalue weighted by molar-refractivity contribution is -0.122. The molecule has 1 aromatic rings. The molecule has 0 aliphatic heterocycles. The number of benzene rings is 1. The molecule has 2 N–H and O–H groups in total. The molecule has 2 fully saturated rings. The summed E-state index contributed by atoms with van der Waals surface area (Å²) in [5.74, 6) is 2.24. The molecule has 19 heavy (non-hydrogen) atoms. The molecule has 0 radical (unpaired) electrons. The van der Waals surface area contributed by atoms with Gasteiger partial charge in [0.1, 0.15) is 0 Å². The van der Waals surface area contributed by atoms with Crippen LogP contribution in [-0.4, -0.2) is 12.5 Å². The van der Waals surface area contributed by atoms with Gasteiger partial charge in [0.2, 0.25) is 5.91 Å². The van der Waals surface area contributed by atoms with E-state index < -0.39 is 0 Å². The Balaban J connectivity index is 1.77. The van der Waals surface area contributed by atoms with Crippen LogP contribution < -0.4 is 10.6 Å². The summed E-state index contributed by atoms with van der Waals surface area (Å²) in [5.41, 5.74) is 7.51. The van der Waals surface area contributed by atoms with Crippen LogP contribution in [0.2, 0.25) is 0 Å². The Bertz CT molecular complexity index is 475. The van der Waals surface area contributed by atoms with E-state index in [4.69, 9.17) is 5.73 Å². The third-order valence-corrected chi connectivity index (χ3v) is 4.49. The summed E-state index contributed by atoms with van der Waals surface area (Å²) in [5, 5.41) is 0. The van der Waals surface area contributed by atoms with Crippen LogP contribution in [0.15, 0.2) is 24.3 Å². The van der Waals surface area contributed by atoms with E-state index in [-0.39, 0.29) is 5.92 Å². The summed E-state index contributed by atoms with van der Waals surface area (Å²) in [4.78, 5) is 14.6. The van der Waals surface area contributed by atoms with E-state index in [9.17, 15) is 4.79 Å². The molecule has 3 heteroatoms. The summed E-state index contributed by atoms with van der Waals surface area (Å²) >= 11 is 0. The van der Waals surface area contributed by atoms with Crippen LogP contribution in [0.3, 0.4) is 0 Å². The first-order valence-corrected chi connectivity index (χ1v) is 7.36. The zero-order chi connectivity index (χ0) is 13.4. The molecule has 0 aromatic heterocycles. The number of nitrogens with two attached hydrogens (primary N) is 1. The van der Waals surface area contributed by atoms with Crippen LogP contribution in [0.5, 0.6) is 0 Å². The first-order chi connectivity index (χ1) is 9.19. The predicted molar refractivity (Wildman–Crippen MR) is 77.8 cm³/mol. The van der Waals surface area contributed by atoms with E-state index in [1.165, 1.54) is 6.42 Å². The molecule has 3 rings (SSSR count). The second kappa shape index (κ2) is 4.87. The molecule has 1 aromatic carbocycles. The lowest BCUT2D eigenvalue weighted by Gasteiger charge is -2.26. The highest BCUT2D eigenvalue weighted by molar-refractivity contribution is 5.95. The van der Waals surface area contributed by atoms with Gasteiger partial charge in [-0.15, -0.1) is 0 Å². The van der Waals surface area contributed by atoms with Crippen molar-refractivity contribution in [3.05, 3.63) is 24.3 Å². The number of nitrogens with zero attached hydrogens (tertiary/aromatic N) is 1. The molecular formula is C16H22N2O. The molecule has 2 aliphatic rings. The lowest BCUT2D eigenvalue weighted by Crippen LogP contribution is -2.36. The Morgan fingerprint density at radius 1 is 1.32 bits per heavy atom. The second-order valence-electron chi connectivity index (χ2n) is 6.01. The highest BCUT2D eigenvalue weighted by atomic mass is 16.2. The van der Waals surface area contributed by atoms with Crippen LogP contribution in [0.1, 0.15) is 32.6 Å². The number of fused-ring (bicyclic) bond motifs is 1. The molecule has 0 saturated heterocycles. The maximum absolute atomic E-state index is 12.7. The minimum absolute atomic E-state index is 0.247. The fourth-order valence-electron chi connectivity index (χ4n) is 3.42. The van der Waals surface area contributed by atoms with Crippen molar-refractivity contribution in [1.29, 1.82) is 0 Å². The van der Waals surface area contributed by atoms with Crippen molar-refractivity contribution in [3.8, 4) is 0 Å². The largest absolute Gasteiger partial charge is 0.399 e. The van der Waals surface area contributed by atoms with E-state index in [0.717, 1.165) is 49.0 Å². The molecule has 2 unspecified atom stereocenters. The molecular weight excluding hydrogens is 236 g/mol. The highest BCUT2D eigenvalue weighted by Gasteiger charge is 2.48. The Morgan fingerprint density at radius 2 is 2.05 bits per heavy atom. The zero-order valence-electron chi connectivity index (χ0n) is 11.5. The van der Waals surface area contributed by atoms with Crippen LogP contribution in [0, 0.1) is 17.8 Å². The van der Waals surface area contributed by atoms with Crippen LogP contribution in [0.25, 0.3) is 0 Å². The maximum Gasteiger partial charge on any atom is 0.230 e. The molecule has 0 bridgehead atoms. The van der Waals surface area contributed by atoms with Crippen molar-refractivity contribution >= 4 is 17.3 Å². The van der Waals surface area contributed by atoms with E-state index in [0.29, 0.717) is 5.91 Å². The number of anilines is 2. The van der Waals surface area contributed by atoms with Gasteiger partial charge in [-0.2, -0.15) is 0 Å². The minimum Gasteiger partial charge on any atom is -0.399 e. The third kappa shape index (κ3) is 2.46. The van der Waals surface area contributed by atoms with Crippen molar-refractivity contribution in [2.24, 2.45) is 17.8 Å². The van der Waals surface area contributed by atoms with Gasteiger partial charge in [0, 0.05) is 23.8 Å². The standard InChI is InChI=1S/C16H22N2O/c1-2-6-18(15-5-3-4-14(17)10-15)16(19)13-8-11-7-12(11)9-13/h3-5,10-13H,2,6-9,17H2,1H3. The molecule has 2 atom stereocenters. The zero-order valence-corrected chi connectivity index (χ0v) is 11.5. The number of rotatable bonds is 4. The number of amides is 1. The maximum atomic E-state index is 12.7. The molecule has 102 valence electrons. The summed E-state index contributed by atoms with van der Waals surface area (Å²) in [6.07, 6.45) is 4.54. The number of hydrogen-bond donors (Lipinski definition) is 1. The van der Waals surface area contributed by atoms with Gasteiger partial charge in [-0.3, -0.25) is 4.79 Å². The third-order valence-electron chi connectivity index (χ3n) is 4.49. The first kappa shape index (κ1) is 12.5. The predicted octanol–water partition coefficient (Wildman–Crippen LogP) is 3.06. The summed E-state index contributed by atoms with van der Waals surface area (Å²) in [6.45, 7) is 2.90. The number of carbonyl (C=O) groups excluding carboxylic acids is 1. The van der Waals surface area contributed by atoms with E-state index in [1.807, 2.05) is 29.2 Å². The Morgan fingerprint density at radius 3 is 2.68 bits per heavy atom. The van der Waals surface area contributed by atoms with Gasteiger partial charge in [-0.25, -0.2) is 0 Å². The minimum atomic E-state index is 0.247. The van der Waals surface area contributed by atoms with Crippen molar-refractivity contribution in [2.75, 3.05) is 17.2 Å². The monoisotopic (exact) mass is 258 g/mol. The van der Waals surface area contributed by atoms with Gasteiger partial charge in [0.15, 0.2) is 0 Å². The quantitative estimate of drug-likeness (QED) is 0.844. The van der Waals surface area contributed by atoms with Gasteiger partial charge in [0.25, 0.3) is 0 Å². The average molecular weight is 258 g/mol. The van der Waals surface area contributed by atoms with Gasteiger partial charge < -0.3 is 10.6 Å². The summed E-state index contributed by atoms with van der Waals surface area (Å²) in [6, 6.07) is 7.68. The topological polar surface area (TPSA) is 46.3 Å². The number of hydrogen-bond acceptors (Lipinski definition) is 2. The number of nitrogen functional groups attached to an aromatic ring is 1. The van der Waals surface area contributed by atoms with E-state index in [2.05, 4.69) is 6.92 Å². The van der Waals surface area contributed by atoms with Crippen molar-refractivity contribution < 1.29 is 4.79 Å². The van der Waals surface area contributed by atoms with E-state index in [1.54, 1.807) is 0 Å². The SMILES string of the molecule is CCCN(C(=O)C1CC2CC2C1)c1cccc(N)c1. The van der Waals surface area contributed by atoms with Gasteiger partial charge in [0.05, 0.1) is 0 Å². The Labute approximate surface area is 114 Å². The normalized spacial score (nSPS) is 27.9. The highest BCUT2D eigenvalue weighted by Crippen LogP contribution is 2.54. The van der Waals surface area contributed by atoms with Crippen LogP contribution in [0.4, 0.5) is 11.4 Å². The molecule has 2 saturated carbocycles. The van der Waals surface area contributed by atoms with Gasteiger partial charge in [-0.05, 0) is 55.7 Å². The Hall–Kier alpha value is -1.51. The van der Waals surface area contributed by atoms with Crippen molar-refractivity contribution in [2.45, 2.75) is 32.6 Å². The molecule has 3 nitrogen and oxygen atoms in total. The summed E-state index contributed by atoms with van der Waals surface area (Å²) in [7, 11) is 0. The average Bonchev–Trinajstić information content (AvgIpc) is 3.02. The van der Waals surface area contributed by atoms with Crippen LogP contribution >= 0.6 is 0 Å². The summed E-state index contributed by atoms with van der Waals surface area (Å²) < 4.78 is 0. The first-order valence-electron chi connectivity index (χ1n) is 7.36. The lowest BCUT2D eigenvalue weighted by atomic mass is 10.0. The fraction of sp³-hybridized carbons (Fsp3) is 0.562. The van der Waals surface area contributed by atoms with Gasteiger partial charge in [-0.1, -0.05) is 13.0 Å². The smallest absolute Gasteiger partial charge is 0.230 e. The Kier molecular flexibility index (Phi) is 3.21. The molecule has 2 aliphatic carbocycles. The second-order valence-corrected chi connectivity index (χ2v) is 6.01. The van der Waals surface area contributed by atoms with E-state index >= 15 is 0 Å². The van der Waals surface area contributed by atoms with Crippen molar-refractivity contribution in [1.82, 2.24) is 0 Å². The molecule has 1 amide bonds.